The summed E-state index contributed by atoms with van der Waals surface area (Å²) in [4.78, 5) is 13.9. The van der Waals surface area contributed by atoms with Gasteiger partial charge in [0.1, 0.15) is 5.60 Å². The van der Waals surface area contributed by atoms with Crippen LogP contribution in [0.3, 0.4) is 0 Å². The second-order valence-corrected chi connectivity index (χ2v) is 7.26. The summed E-state index contributed by atoms with van der Waals surface area (Å²) in [5, 5.41) is 0. The highest BCUT2D eigenvalue weighted by molar-refractivity contribution is 9.10. The zero-order chi connectivity index (χ0) is 14.9. The molecule has 2 rings (SSSR count). The molecule has 2 unspecified atom stereocenters. The fourth-order valence-corrected chi connectivity index (χ4v) is 3.01. The number of halogens is 1. The first-order valence-corrected chi connectivity index (χ1v) is 7.77. The maximum absolute atomic E-state index is 12.1. The molecular weight excluding hydrogens is 322 g/mol. The summed E-state index contributed by atoms with van der Waals surface area (Å²) in [6.45, 7) is 9.30. The van der Waals surface area contributed by atoms with Crippen molar-refractivity contribution < 1.29 is 13.9 Å². The lowest BCUT2D eigenvalue weighted by atomic mass is 9.83. The first-order valence-electron chi connectivity index (χ1n) is 6.98. The average molecular weight is 344 g/mol. The Hall–Kier alpha value is -0.970. The molecule has 0 aliphatic carbocycles. The maximum Gasteiger partial charge on any atom is 0.410 e. The van der Waals surface area contributed by atoms with Crippen LogP contribution in [0, 0.1) is 5.92 Å². The van der Waals surface area contributed by atoms with Crippen LogP contribution in [-0.4, -0.2) is 29.7 Å². The molecule has 1 saturated heterocycles. The monoisotopic (exact) mass is 343 g/mol. The Morgan fingerprint density at radius 2 is 2.20 bits per heavy atom. The predicted octanol–water partition coefficient (Wildman–Crippen LogP) is 4.40. The van der Waals surface area contributed by atoms with E-state index in [1.54, 1.807) is 6.26 Å². The molecule has 20 heavy (non-hydrogen) atoms. The Bertz CT molecular complexity index is 478. The molecule has 0 radical (unpaired) electrons. The molecule has 5 heteroatoms. The molecule has 0 saturated carbocycles. The van der Waals surface area contributed by atoms with E-state index in [0.29, 0.717) is 11.8 Å². The van der Waals surface area contributed by atoms with Gasteiger partial charge in [-0.05, 0) is 66.6 Å². The van der Waals surface area contributed by atoms with Gasteiger partial charge in [0, 0.05) is 13.1 Å². The molecule has 1 aliphatic rings. The van der Waals surface area contributed by atoms with E-state index < -0.39 is 5.60 Å². The van der Waals surface area contributed by atoms with Gasteiger partial charge in [0.25, 0.3) is 0 Å². The van der Waals surface area contributed by atoms with Crippen molar-refractivity contribution in [1.82, 2.24) is 4.90 Å². The topological polar surface area (TPSA) is 42.7 Å². The molecule has 0 spiro atoms. The molecular formula is C15H22BrNO3. The van der Waals surface area contributed by atoms with Gasteiger partial charge < -0.3 is 14.1 Å². The standard InChI is InChI=1S/C15H22BrNO3/c1-10-8-17(14(18)20-15(2,3)4)6-5-12(10)11-7-13(16)19-9-11/h7,9-10,12H,5-6,8H2,1-4H3. The smallest absolute Gasteiger partial charge is 0.410 e. The normalized spacial score (nSPS) is 23.8. The van der Waals surface area contributed by atoms with Crippen molar-refractivity contribution in [2.24, 2.45) is 5.92 Å². The van der Waals surface area contributed by atoms with Gasteiger partial charge in [0.15, 0.2) is 4.67 Å². The highest BCUT2D eigenvalue weighted by Gasteiger charge is 2.32. The van der Waals surface area contributed by atoms with Gasteiger partial charge in [-0.3, -0.25) is 0 Å². The van der Waals surface area contributed by atoms with Crippen molar-refractivity contribution >= 4 is 22.0 Å². The van der Waals surface area contributed by atoms with Crippen LogP contribution in [0.1, 0.15) is 45.6 Å². The van der Waals surface area contributed by atoms with Gasteiger partial charge in [-0.2, -0.15) is 0 Å². The molecule has 2 atom stereocenters. The molecule has 0 N–H and O–H groups in total. The molecule has 1 amide bonds. The Morgan fingerprint density at radius 1 is 1.50 bits per heavy atom. The van der Waals surface area contributed by atoms with E-state index in [1.807, 2.05) is 31.7 Å². The zero-order valence-electron chi connectivity index (χ0n) is 12.5. The lowest BCUT2D eigenvalue weighted by Crippen LogP contribution is -2.44. The summed E-state index contributed by atoms with van der Waals surface area (Å²) in [6, 6.07) is 2.02. The predicted molar refractivity (Wildman–Crippen MR) is 80.7 cm³/mol. The third-order valence-electron chi connectivity index (χ3n) is 3.57. The number of rotatable bonds is 1. The lowest BCUT2D eigenvalue weighted by Gasteiger charge is -2.37. The van der Waals surface area contributed by atoms with E-state index in [2.05, 4.69) is 22.9 Å². The van der Waals surface area contributed by atoms with E-state index in [-0.39, 0.29) is 6.09 Å². The molecule has 1 fully saturated rings. The van der Waals surface area contributed by atoms with E-state index in [1.165, 1.54) is 5.56 Å². The number of likely N-dealkylation sites (tertiary alicyclic amines) is 1. The van der Waals surface area contributed by atoms with Crippen molar-refractivity contribution in [3.05, 3.63) is 22.6 Å². The third kappa shape index (κ3) is 3.78. The molecule has 4 nitrogen and oxygen atoms in total. The largest absolute Gasteiger partial charge is 0.457 e. The van der Waals surface area contributed by atoms with E-state index >= 15 is 0 Å². The maximum atomic E-state index is 12.1. The lowest BCUT2D eigenvalue weighted by molar-refractivity contribution is 0.0155. The fourth-order valence-electron chi connectivity index (χ4n) is 2.65. The number of hydrogen-bond acceptors (Lipinski definition) is 3. The molecule has 0 bridgehead atoms. The number of ether oxygens (including phenoxy) is 1. The van der Waals surface area contributed by atoms with Gasteiger partial charge >= 0.3 is 6.09 Å². The molecule has 0 aromatic carbocycles. The summed E-state index contributed by atoms with van der Waals surface area (Å²) in [6.07, 6.45) is 2.52. The molecule has 1 aromatic heterocycles. The van der Waals surface area contributed by atoms with Crippen molar-refractivity contribution in [2.75, 3.05) is 13.1 Å². The summed E-state index contributed by atoms with van der Waals surface area (Å²) in [5.74, 6) is 0.824. The van der Waals surface area contributed by atoms with Gasteiger partial charge in [-0.15, -0.1) is 0 Å². The summed E-state index contributed by atoms with van der Waals surface area (Å²) in [7, 11) is 0. The number of carbonyl (C=O) groups is 1. The van der Waals surface area contributed by atoms with E-state index in [0.717, 1.165) is 24.2 Å². The van der Waals surface area contributed by atoms with Crippen LogP contribution < -0.4 is 0 Å². The second-order valence-electron chi connectivity index (χ2n) is 6.48. The SMILES string of the molecule is CC1CN(C(=O)OC(C)(C)C)CCC1c1coc(Br)c1. The van der Waals surface area contributed by atoms with Crippen molar-refractivity contribution in [3.8, 4) is 0 Å². The molecule has 1 aliphatic heterocycles. The minimum absolute atomic E-state index is 0.212. The molecule has 2 heterocycles. The van der Waals surface area contributed by atoms with Crippen molar-refractivity contribution in [1.29, 1.82) is 0 Å². The molecule has 1 aromatic rings. The van der Waals surface area contributed by atoms with E-state index in [4.69, 9.17) is 9.15 Å². The average Bonchev–Trinajstić information content (AvgIpc) is 2.73. The fraction of sp³-hybridized carbons (Fsp3) is 0.667. The van der Waals surface area contributed by atoms with Gasteiger partial charge in [-0.1, -0.05) is 6.92 Å². The first kappa shape index (κ1) is 15.4. The van der Waals surface area contributed by atoms with Crippen LogP contribution >= 0.6 is 15.9 Å². The van der Waals surface area contributed by atoms with Crippen LogP contribution in [-0.2, 0) is 4.74 Å². The number of hydrogen-bond donors (Lipinski definition) is 0. The van der Waals surface area contributed by atoms with Gasteiger partial charge in [0.2, 0.25) is 0 Å². The minimum atomic E-state index is -0.438. The quantitative estimate of drug-likeness (QED) is 0.758. The Kier molecular flexibility index (Phi) is 4.47. The Morgan fingerprint density at radius 3 is 2.70 bits per heavy atom. The number of furan rings is 1. The van der Waals surface area contributed by atoms with Crippen LogP contribution in [0.5, 0.6) is 0 Å². The number of nitrogens with zero attached hydrogens (tertiary/aromatic N) is 1. The highest BCUT2D eigenvalue weighted by Crippen LogP contribution is 2.35. The van der Waals surface area contributed by atoms with Crippen molar-refractivity contribution in [3.63, 3.8) is 0 Å². The minimum Gasteiger partial charge on any atom is -0.457 e. The second kappa shape index (κ2) is 5.80. The Labute approximate surface area is 128 Å². The van der Waals surface area contributed by atoms with Gasteiger partial charge in [-0.25, -0.2) is 4.79 Å². The number of piperidine rings is 1. The number of carbonyl (C=O) groups excluding carboxylic acids is 1. The summed E-state index contributed by atoms with van der Waals surface area (Å²) >= 11 is 3.34. The van der Waals surface area contributed by atoms with Crippen LogP contribution in [0.15, 0.2) is 21.4 Å². The third-order valence-corrected chi connectivity index (χ3v) is 3.99. The first-order chi connectivity index (χ1) is 9.26. The van der Waals surface area contributed by atoms with E-state index in [9.17, 15) is 4.79 Å². The van der Waals surface area contributed by atoms with Crippen LogP contribution in [0.4, 0.5) is 4.79 Å². The van der Waals surface area contributed by atoms with Crippen molar-refractivity contribution in [2.45, 2.75) is 45.6 Å². The zero-order valence-corrected chi connectivity index (χ0v) is 14.1. The van der Waals surface area contributed by atoms with Gasteiger partial charge in [0.05, 0.1) is 6.26 Å². The van der Waals surface area contributed by atoms with Crippen LogP contribution in [0.25, 0.3) is 0 Å². The number of amides is 1. The summed E-state index contributed by atoms with van der Waals surface area (Å²) < 4.78 is 11.5. The molecule has 112 valence electrons. The highest BCUT2D eigenvalue weighted by atomic mass is 79.9. The Balaban J connectivity index is 1.97. The summed E-state index contributed by atoms with van der Waals surface area (Å²) in [5.41, 5.74) is 0.764. The van der Waals surface area contributed by atoms with Crippen LogP contribution in [0.2, 0.25) is 0 Å².